The summed E-state index contributed by atoms with van der Waals surface area (Å²) < 4.78 is 14.8. The van der Waals surface area contributed by atoms with Gasteiger partial charge in [0, 0.05) is 12.0 Å². The molecule has 0 bridgehead atoms. The second-order valence-corrected chi connectivity index (χ2v) is 5.37. The molecule has 0 aliphatic carbocycles. The van der Waals surface area contributed by atoms with Gasteiger partial charge in [-0.05, 0) is 34.6 Å². The molecule has 0 spiro atoms. The predicted molar refractivity (Wildman–Crippen MR) is 76.4 cm³/mol. The molecule has 0 amide bonds. The number of esters is 3. The Kier molecular flexibility index (Phi) is 7.70. The van der Waals surface area contributed by atoms with E-state index in [1.54, 1.807) is 34.6 Å². The van der Waals surface area contributed by atoms with Crippen LogP contribution in [-0.2, 0) is 28.6 Å². The van der Waals surface area contributed by atoms with E-state index in [1.165, 1.54) is 0 Å². The Morgan fingerprint density at radius 2 is 1.52 bits per heavy atom. The van der Waals surface area contributed by atoms with Gasteiger partial charge in [0.05, 0.1) is 13.2 Å². The van der Waals surface area contributed by atoms with E-state index in [9.17, 15) is 14.4 Å². The summed E-state index contributed by atoms with van der Waals surface area (Å²) in [4.78, 5) is 35.5. The first-order valence-corrected chi connectivity index (χ1v) is 6.86. The number of ether oxygens (including phenoxy) is 3. The monoisotopic (exact) mass is 300 g/mol. The van der Waals surface area contributed by atoms with Gasteiger partial charge in [-0.15, -0.1) is 0 Å². The molecule has 6 nitrogen and oxygen atoms in total. The van der Waals surface area contributed by atoms with Gasteiger partial charge in [0.1, 0.15) is 5.60 Å². The predicted octanol–water partition coefficient (Wildman–Crippen LogP) is 2.02. The van der Waals surface area contributed by atoms with Gasteiger partial charge in [0.2, 0.25) is 0 Å². The zero-order valence-electron chi connectivity index (χ0n) is 13.4. The molecular weight excluding hydrogens is 276 g/mol. The first-order valence-electron chi connectivity index (χ1n) is 6.86. The van der Waals surface area contributed by atoms with Gasteiger partial charge < -0.3 is 14.2 Å². The highest BCUT2D eigenvalue weighted by molar-refractivity contribution is 5.97. The molecule has 21 heavy (non-hydrogen) atoms. The van der Waals surface area contributed by atoms with E-state index in [1.807, 2.05) is 0 Å². The minimum atomic E-state index is -1.22. The summed E-state index contributed by atoms with van der Waals surface area (Å²) in [6.45, 7) is 12.2. The topological polar surface area (TPSA) is 78.9 Å². The average Bonchev–Trinajstić information content (AvgIpc) is 2.33. The van der Waals surface area contributed by atoms with Crippen molar-refractivity contribution in [2.45, 2.75) is 46.6 Å². The van der Waals surface area contributed by atoms with Gasteiger partial charge in [-0.25, -0.2) is 4.79 Å². The first-order chi connectivity index (χ1) is 9.62. The molecule has 0 N–H and O–H groups in total. The average molecular weight is 300 g/mol. The third kappa shape index (κ3) is 7.48. The maximum atomic E-state index is 12.1. The second-order valence-electron chi connectivity index (χ2n) is 5.37. The molecule has 0 heterocycles. The standard InChI is InChI=1S/C15H24O6/c1-7-19-12(16)10(3)9-11(13(17)20-8-2)14(18)21-15(4,5)6/h11H,3,7-9H2,1-2,4-6H3. The van der Waals surface area contributed by atoms with Crippen molar-refractivity contribution in [3.05, 3.63) is 12.2 Å². The van der Waals surface area contributed by atoms with Crippen LogP contribution in [0.1, 0.15) is 41.0 Å². The highest BCUT2D eigenvalue weighted by Gasteiger charge is 2.34. The van der Waals surface area contributed by atoms with Crippen LogP contribution < -0.4 is 0 Å². The SMILES string of the molecule is C=C(CC(C(=O)OCC)C(=O)OC(C)(C)C)C(=O)OCC. The number of hydrogen-bond acceptors (Lipinski definition) is 6. The van der Waals surface area contributed by atoms with E-state index in [0.29, 0.717) is 0 Å². The van der Waals surface area contributed by atoms with Crippen LogP contribution in [-0.4, -0.2) is 36.7 Å². The molecule has 0 radical (unpaired) electrons. The molecule has 0 rings (SSSR count). The summed E-state index contributed by atoms with van der Waals surface area (Å²) in [5.41, 5.74) is -0.714. The summed E-state index contributed by atoms with van der Waals surface area (Å²) in [5, 5.41) is 0. The quantitative estimate of drug-likeness (QED) is 0.310. The largest absolute Gasteiger partial charge is 0.465 e. The fraction of sp³-hybridized carbons (Fsp3) is 0.667. The third-order valence-electron chi connectivity index (χ3n) is 2.28. The lowest BCUT2D eigenvalue weighted by atomic mass is 10.00. The lowest BCUT2D eigenvalue weighted by molar-refractivity contribution is -0.168. The fourth-order valence-electron chi connectivity index (χ4n) is 1.44. The molecule has 0 saturated heterocycles. The van der Waals surface area contributed by atoms with Crippen molar-refractivity contribution in [2.75, 3.05) is 13.2 Å². The van der Waals surface area contributed by atoms with E-state index in [4.69, 9.17) is 14.2 Å². The van der Waals surface area contributed by atoms with Crippen LogP contribution in [0.3, 0.4) is 0 Å². The van der Waals surface area contributed by atoms with E-state index >= 15 is 0 Å². The maximum Gasteiger partial charge on any atom is 0.333 e. The van der Waals surface area contributed by atoms with E-state index < -0.39 is 29.4 Å². The normalized spacial score (nSPS) is 12.2. The molecule has 1 unspecified atom stereocenters. The van der Waals surface area contributed by atoms with Crippen LogP contribution >= 0.6 is 0 Å². The highest BCUT2D eigenvalue weighted by Crippen LogP contribution is 2.19. The van der Waals surface area contributed by atoms with Gasteiger partial charge in [-0.3, -0.25) is 9.59 Å². The van der Waals surface area contributed by atoms with Crippen LogP contribution in [0.25, 0.3) is 0 Å². The Balaban J connectivity index is 4.98. The van der Waals surface area contributed by atoms with Crippen LogP contribution in [0.15, 0.2) is 12.2 Å². The Morgan fingerprint density at radius 3 is 1.95 bits per heavy atom. The van der Waals surface area contributed by atoms with Crippen molar-refractivity contribution in [2.24, 2.45) is 5.92 Å². The molecular formula is C15H24O6. The molecule has 0 aliphatic heterocycles. The molecule has 0 aliphatic rings. The Morgan fingerprint density at radius 1 is 1.00 bits per heavy atom. The molecule has 0 aromatic rings. The van der Waals surface area contributed by atoms with E-state index in [0.717, 1.165) is 0 Å². The van der Waals surface area contributed by atoms with Crippen LogP contribution in [0.5, 0.6) is 0 Å². The first kappa shape index (κ1) is 19.1. The maximum absolute atomic E-state index is 12.1. The second kappa shape index (κ2) is 8.44. The Hall–Kier alpha value is -1.85. The van der Waals surface area contributed by atoms with Crippen molar-refractivity contribution in [1.82, 2.24) is 0 Å². The summed E-state index contributed by atoms with van der Waals surface area (Å²) in [7, 11) is 0. The number of carbonyl (C=O) groups is 3. The molecule has 1 atom stereocenters. The summed E-state index contributed by atoms with van der Waals surface area (Å²) in [6, 6.07) is 0. The van der Waals surface area contributed by atoms with Crippen molar-refractivity contribution in [3.63, 3.8) is 0 Å². The van der Waals surface area contributed by atoms with E-state index in [-0.39, 0.29) is 25.2 Å². The number of rotatable bonds is 7. The molecule has 120 valence electrons. The molecule has 0 aromatic heterocycles. The van der Waals surface area contributed by atoms with Gasteiger partial charge in [0.25, 0.3) is 0 Å². The minimum absolute atomic E-state index is 0.0285. The van der Waals surface area contributed by atoms with Crippen LogP contribution in [0.2, 0.25) is 0 Å². The van der Waals surface area contributed by atoms with Gasteiger partial charge in [-0.2, -0.15) is 0 Å². The minimum Gasteiger partial charge on any atom is -0.465 e. The highest BCUT2D eigenvalue weighted by atomic mass is 16.6. The zero-order chi connectivity index (χ0) is 16.6. The van der Waals surface area contributed by atoms with Crippen LogP contribution in [0, 0.1) is 5.92 Å². The molecule has 0 fully saturated rings. The van der Waals surface area contributed by atoms with Crippen molar-refractivity contribution < 1.29 is 28.6 Å². The van der Waals surface area contributed by atoms with Crippen molar-refractivity contribution in [3.8, 4) is 0 Å². The number of carbonyl (C=O) groups excluding carboxylic acids is 3. The van der Waals surface area contributed by atoms with Crippen LogP contribution in [0.4, 0.5) is 0 Å². The van der Waals surface area contributed by atoms with Gasteiger partial charge in [-0.1, -0.05) is 6.58 Å². The number of hydrogen-bond donors (Lipinski definition) is 0. The summed E-state index contributed by atoms with van der Waals surface area (Å²) in [6.07, 6.45) is -0.188. The molecule has 0 saturated carbocycles. The van der Waals surface area contributed by atoms with Gasteiger partial charge >= 0.3 is 17.9 Å². The Bertz CT molecular complexity index is 405. The van der Waals surface area contributed by atoms with Crippen molar-refractivity contribution >= 4 is 17.9 Å². The Labute approximate surface area is 125 Å². The summed E-state index contributed by atoms with van der Waals surface area (Å²) >= 11 is 0. The lowest BCUT2D eigenvalue weighted by Crippen LogP contribution is -2.34. The summed E-state index contributed by atoms with van der Waals surface area (Å²) in [5.74, 6) is -3.35. The van der Waals surface area contributed by atoms with Crippen molar-refractivity contribution in [1.29, 1.82) is 0 Å². The third-order valence-corrected chi connectivity index (χ3v) is 2.28. The lowest BCUT2D eigenvalue weighted by Gasteiger charge is -2.23. The zero-order valence-corrected chi connectivity index (χ0v) is 13.4. The fourth-order valence-corrected chi connectivity index (χ4v) is 1.44. The smallest absolute Gasteiger partial charge is 0.333 e. The van der Waals surface area contributed by atoms with E-state index in [2.05, 4.69) is 6.58 Å². The molecule has 6 heteroatoms. The van der Waals surface area contributed by atoms with Gasteiger partial charge in [0.15, 0.2) is 5.92 Å². The molecule has 0 aromatic carbocycles.